The van der Waals surface area contributed by atoms with Crippen LogP contribution in [-0.4, -0.2) is 34.4 Å². The summed E-state index contributed by atoms with van der Waals surface area (Å²) in [6.45, 7) is 48.0. The molecule has 6 rings (SSSR count). The van der Waals surface area contributed by atoms with Crippen molar-refractivity contribution in [2.75, 3.05) is 32.6 Å². The van der Waals surface area contributed by atoms with Crippen molar-refractivity contribution in [3.63, 3.8) is 0 Å². The van der Waals surface area contributed by atoms with Gasteiger partial charge in [0.2, 0.25) is 0 Å². The molecule has 1 atom stereocenters. The largest absolute Gasteiger partial charge is 0.372 e. The number of fused-ring (bicyclic) bond motifs is 6. The summed E-state index contributed by atoms with van der Waals surface area (Å²) >= 11 is 0. The van der Waals surface area contributed by atoms with E-state index in [2.05, 4.69) is 250 Å². The Morgan fingerprint density at radius 3 is 1.71 bits per heavy atom. The van der Waals surface area contributed by atoms with Crippen LogP contribution in [0.3, 0.4) is 0 Å². The highest BCUT2D eigenvalue weighted by Gasteiger charge is 2.46. The zero-order chi connectivity index (χ0) is 58.0. The van der Waals surface area contributed by atoms with E-state index in [4.69, 9.17) is 4.99 Å². The Bertz CT molecular complexity index is 2910. The third kappa shape index (κ3) is 14.3. The van der Waals surface area contributed by atoms with E-state index in [-0.39, 0.29) is 21.7 Å². The van der Waals surface area contributed by atoms with Crippen LogP contribution < -0.4 is 10.2 Å². The van der Waals surface area contributed by atoms with Gasteiger partial charge in [0.05, 0.1) is 11.4 Å². The SMILES string of the molecule is C=C/C=C(\C=C/C)C(C)(C)c1ccc2c(c1)c(N(C)CC(C)CC)c(N=C)c1cc(-c3ccc4c(c3)C(CCCCC)(CCCCC)c3cc(C(C)(C)C(C)(C)C(/C=C\C)=C/C(=C)C)ccc3-4)ccc12.CCCCC.CNC. The Hall–Kier alpha value is -5.51. The van der Waals surface area contributed by atoms with E-state index in [0.29, 0.717) is 5.92 Å². The van der Waals surface area contributed by atoms with E-state index in [1.54, 1.807) is 0 Å². The lowest BCUT2D eigenvalue weighted by molar-refractivity contribution is 0.254. The van der Waals surface area contributed by atoms with Crippen LogP contribution in [0.2, 0.25) is 0 Å². The quantitative estimate of drug-likeness (QED) is 0.0273. The molecule has 1 aliphatic rings. The van der Waals surface area contributed by atoms with Crippen LogP contribution in [0, 0.1) is 11.3 Å². The number of rotatable bonds is 25. The molecule has 1 aliphatic carbocycles. The number of benzene rings is 5. The zero-order valence-corrected chi connectivity index (χ0v) is 52.8. The molecule has 0 aromatic heterocycles. The Kier molecular flexibility index (Phi) is 24.7. The average molecular weight is 1050 g/mol. The van der Waals surface area contributed by atoms with Gasteiger partial charge in [-0.1, -0.05) is 263 Å². The third-order valence-electron chi connectivity index (χ3n) is 17.5. The molecule has 0 spiro atoms. The van der Waals surface area contributed by atoms with Crippen molar-refractivity contribution in [3.8, 4) is 22.3 Å². The molecule has 3 heteroatoms. The molecule has 0 fully saturated rings. The minimum atomic E-state index is -0.246. The molecule has 0 saturated heterocycles. The lowest BCUT2D eigenvalue weighted by atomic mass is 9.59. The van der Waals surface area contributed by atoms with Gasteiger partial charge in [0.1, 0.15) is 0 Å². The summed E-state index contributed by atoms with van der Waals surface area (Å²) in [5, 5.41) is 7.56. The second-order valence-corrected chi connectivity index (χ2v) is 24.3. The van der Waals surface area contributed by atoms with Gasteiger partial charge in [0, 0.05) is 35.2 Å². The maximum absolute atomic E-state index is 4.96. The summed E-state index contributed by atoms with van der Waals surface area (Å²) in [6, 6.07) is 29.2. The Morgan fingerprint density at radius 1 is 0.667 bits per heavy atom. The first kappa shape index (κ1) is 65.0. The Morgan fingerprint density at radius 2 is 1.18 bits per heavy atom. The molecule has 5 aromatic carbocycles. The van der Waals surface area contributed by atoms with Gasteiger partial charge in [-0.05, 0) is 156 Å². The summed E-state index contributed by atoms with van der Waals surface area (Å²) < 4.78 is 0. The molecular formula is C75H107N3. The van der Waals surface area contributed by atoms with Gasteiger partial charge in [0.25, 0.3) is 0 Å². The van der Waals surface area contributed by atoms with Gasteiger partial charge in [-0.3, -0.25) is 4.99 Å². The first-order chi connectivity index (χ1) is 37.1. The van der Waals surface area contributed by atoms with Crippen LogP contribution >= 0.6 is 0 Å². The van der Waals surface area contributed by atoms with Gasteiger partial charge in [-0.15, -0.1) is 0 Å². The highest BCUT2D eigenvalue weighted by Crippen LogP contribution is 2.57. The predicted octanol–water partition coefficient (Wildman–Crippen LogP) is 22.3. The van der Waals surface area contributed by atoms with Gasteiger partial charge >= 0.3 is 0 Å². The van der Waals surface area contributed by atoms with Crippen molar-refractivity contribution in [2.24, 2.45) is 16.3 Å². The maximum atomic E-state index is 4.96. The Balaban J connectivity index is 0.00000153. The fourth-order valence-corrected chi connectivity index (χ4v) is 12.0. The Labute approximate surface area is 478 Å². The minimum absolute atomic E-state index is 0.0766. The summed E-state index contributed by atoms with van der Waals surface area (Å²) in [6.07, 6.45) is 29.9. The predicted molar refractivity (Wildman–Crippen MR) is 354 cm³/mol. The van der Waals surface area contributed by atoms with Gasteiger partial charge in [-0.2, -0.15) is 0 Å². The third-order valence-corrected chi connectivity index (χ3v) is 17.5. The molecule has 1 N–H and O–H groups in total. The summed E-state index contributed by atoms with van der Waals surface area (Å²) in [5.74, 6) is 0.518. The molecule has 0 radical (unpaired) electrons. The maximum Gasteiger partial charge on any atom is 0.0940 e. The number of hydrogen-bond acceptors (Lipinski definition) is 3. The number of unbranched alkanes of at least 4 members (excludes halogenated alkanes) is 6. The smallest absolute Gasteiger partial charge is 0.0940 e. The first-order valence-corrected chi connectivity index (χ1v) is 30.2. The fraction of sp³-hybridized carbons (Fsp3) is 0.480. The molecule has 0 aliphatic heterocycles. The molecular weight excluding hydrogens is 943 g/mol. The van der Waals surface area contributed by atoms with Crippen molar-refractivity contribution >= 4 is 39.6 Å². The van der Waals surface area contributed by atoms with E-state index in [1.165, 1.54) is 130 Å². The highest BCUT2D eigenvalue weighted by molar-refractivity contribution is 6.20. The van der Waals surface area contributed by atoms with E-state index in [0.717, 1.165) is 48.1 Å². The number of anilines is 1. The zero-order valence-electron chi connectivity index (χ0n) is 52.8. The first-order valence-electron chi connectivity index (χ1n) is 30.2. The average Bonchev–Trinajstić information content (AvgIpc) is 3.68. The van der Waals surface area contributed by atoms with Crippen LogP contribution in [0.4, 0.5) is 11.4 Å². The lowest BCUT2D eigenvalue weighted by Gasteiger charge is -2.44. The van der Waals surface area contributed by atoms with Crippen molar-refractivity contribution in [3.05, 3.63) is 167 Å². The number of nitrogens with zero attached hydrogens (tertiary/aromatic N) is 2. The summed E-state index contributed by atoms with van der Waals surface area (Å²) in [4.78, 5) is 7.40. The van der Waals surface area contributed by atoms with Crippen molar-refractivity contribution in [1.29, 1.82) is 0 Å². The van der Waals surface area contributed by atoms with Crippen LogP contribution in [0.5, 0.6) is 0 Å². The molecule has 0 amide bonds. The van der Waals surface area contributed by atoms with Crippen LogP contribution in [0.1, 0.15) is 203 Å². The van der Waals surface area contributed by atoms with Crippen molar-refractivity contribution in [1.82, 2.24) is 5.32 Å². The molecule has 1 unspecified atom stereocenters. The molecule has 5 aromatic rings. The normalized spacial score (nSPS) is 14.0. The highest BCUT2D eigenvalue weighted by atomic mass is 15.1. The van der Waals surface area contributed by atoms with Gasteiger partial charge < -0.3 is 10.2 Å². The lowest BCUT2D eigenvalue weighted by Crippen LogP contribution is -2.38. The van der Waals surface area contributed by atoms with Crippen molar-refractivity contribution in [2.45, 2.75) is 197 Å². The second kappa shape index (κ2) is 29.6. The van der Waals surface area contributed by atoms with Gasteiger partial charge in [0.15, 0.2) is 0 Å². The number of allylic oxidation sites excluding steroid dienone is 10. The van der Waals surface area contributed by atoms with Crippen LogP contribution in [-0.2, 0) is 16.2 Å². The van der Waals surface area contributed by atoms with Gasteiger partial charge in [-0.25, -0.2) is 0 Å². The number of aliphatic imine (C=N–C) groups is 1. The second-order valence-electron chi connectivity index (χ2n) is 24.3. The minimum Gasteiger partial charge on any atom is -0.372 e. The van der Waals surface area contributed by atoms with E-state index < -0.39 is 0 Å². The van der Waals surface area contributed by atoms with Crippen LogP contribution in [0.15, 0.2) is 150 Å². The number of nitrogens with one attached hydrogen (secondary N) is 1. The summed E-state index contributed by atoms with van der Waals surface area (Å²) in [7, 11) is 5.99. The molecule has 422 valence electrons. The van der Waals surface area contributed by atoms with E-state index in [1.807, 2.05) is 20.2 Å². The topological polar surface area (TPSA) is 27.6 Å². The van der Waals surface area contributed by atoms with Crippen molar-refractivity contribution < 1.29 is 0 Å². The van der Waals surface area contributed by atoms with E-state index in [9.17, 15) is 0 Å². The standard InChI is InChI=1S/C68H88N2.C5H12.C2H7N/c1-18-24-26-39-68(40-27-25-19-2)61-43-50(32-36-57(61)58-38-34-54(45-62(58)68)67(14,15)66(12,13)53(30-22-5)41-47(7)8)49-31-35-55-56-37-33-52(65(10,11)51(28-20-3)29-21-4)44-60(56)64(63(69-16)59(55)42-49)70(17)46-48(9)23-6;1-3-5-4-2;1-3-2/h20-22,28-38,41-45,48H,3,7,16,18-19,23-27,39-40,46H2,1-2,4-6,8-15,17H3;3-5H2,1-2H3;3H,1-2H3/b29-21-,30-22-,51-28+,53-41+;;. The molecule has 0 bridgehead atoms. The van der Waals surface area contributed by atoms with Crippen LogP contribution in [0.25, 0.3) is 43.8 Å². The molecule has 3 nitrogen and oxygen atoms in total. The fourth-order valence-electron chi connectivity index (χ4n) is 12.0. The molecule has 0 heterocycles. The monoisotopic (exact) mass is 1050 g/mol. The number of hydrogen-bond donors (Lipinski definition) is 1. The summed E-state index contributed by atoms with van der Waals surface area (Å²) in [5.41, 5.74) is 16.1. The van der Waals surface area contributed by atoms with E-state index >= 15 is 0 Å². The molecule has 78 heavy (non-hydrogen) atoms. The molecule has 0 saturated carbocycles.